The molecule has 19 heavy (non-hydrogen) atoms. The minimum absolute atomic E-state index is 0.247. The highest BCUT2D eigenvalue weighted by Crippen LogP contribution is 2.38. The van der Waals surface area contributed by atoms with Crippen LogP contribution in [0.5, 0.6) is 17.2 Å². The average Bonchev–Trinajstić information content (AvgIpc) is 2.88. The first-order valence-corrected chi connectivity index (χ1v) is 6.68. The van der Waals surface area contributed by atoms with Gasteiger partial charge in [-0.2, -0.15) is 0 Å². The molecule has 2 N–H and O–H groups in total. The molecule has 2 rings (SSSR count). The highest BCUT2D eigenvalue weighted by Gasteiger charge is 2.18. The Balaban J connectivity index is 2.13. The van der Waals surface area contributed by atoms with Crippen molar-refractivity contribution in [3.8, 4) is 17.2 Å². The molecule has 1 heterocycles. The van der Waals surface area contributed by atoms with Crippen LogP contribution in [-0.2, 0) is 6.54 Å². The summed E-state index contributed by atoms with van der Waals surface area (Å²) in [6, 6.07) is 3.76. The Morgan fingerprint density at radius 2 is 2.05 bits per heavy atom. The van der Waals surface area contributed by atoms with Gasteiger partial charge in [-0.25, -0.2) is 0 Å². The topological polar surface area (TPSA) is 60.0 Å². The molecule has 1 atom stereocenters. The van der Waals surface area contributed by atoms with Crippen LogP contribution >= 0.6 is 0 Å². The van der Waals surface area contributed by atoms with E-state index < -0.39 is 6.10 Å². The van der Waals surface area contributed by atoms with E-state index in [1.54, 1.807) is 0 Å². The van der Waals surface area contributed by atoms with Crippen molar-refractivity contribution in [2.45, 2.75) is 32.9 Å². The zero-order valence-corrected chi connectivity index (χ0v) is 11.4. The fourth-order valence-corrected chi connectivity index (χ4v) is 1.80. The van der Waals surface area contributed by atoms with Crippen LogP contribution in [0, 0.1) is 0 Å². The summed E-state index contributed by atoms with van der Waals surface area (Å²) in [6.45, 7) is 6.09. The molecule has 1 aromatic rings. The van der Waals surface area contributed by atoms with Crippen molar-refractivity contribution in [1.82, 2.24) is 5.32 Å². The molecule has 1 aliphatic heterocycles. The zero-order valence-electron chi connectivity index (χ0n) is 11.4. The highest BCUT2D eigenvalue weighted by atomic mass is 16.7. The normalized spacial score (nSPS) is 14.5. The van der Waals surface area contributed by atoms with Crippen LogP contribution in [0.25, 0.3) is 0 Å². The maximum atomic E-state index is 9.58. The lowest BCUT2D eigenvalue weighted by atomic mass is 10.1. The fourth-order valence-electron chi connectivity index (χ4n) is 1.80. The molecule has 0 amide bonds. The third kappa shape index (κ3) is 3.52. The molecule has 1 aliphatic rings. The van der Waals surface area contributed by atoms with E-state index in [1.807, 2.05) is 26.0 Å². The van der Waals surface area contributed by atoms with Gasteiger partial charge in [0.1, 0.15) is 12.4 Å². The summed E-state index contributed by atoms with van der Waals surface area (Å²) in [5.41, 5.74) is 1.01. The van der Waals surface area contributed by atoms with E-state index in [0.29, 0.717) is 18.7 Å². The van der Waals surface area contributed by atoms with E-state index >= 15 is 0 Å². The lowest BCUT2D eigenvalue weighted by molar-refractivity contribution is 0.103. The number of aliphatic hydroxyl groups is 1. The smallest absolute Gasteiger partial charge is 0.231 e. The Bertz CT molecular complexity index is 422. The molecule has 0 radical (unpaired) electrons. The second kappa shape index (κ2) is 6.63. The number of aliphatic hydroxyl groups excluding tert-OH is 1. The summed E-state index contributed by atoms with van der Waals surface area (Å²) in [4.78, 5) is 0. The standard InChI is InChI=1S/C14H21NO4/c1-3-11(16)8-17-12-6-14-13(18-9-19-14)5-10(12)7-15-4-2/h5-6,11,15-16H,3-4,7-9H2,1-2H3. The Morgan fingerprint density at radius 3 is 2.74 bits per heavy atom. The van der Waals surface area contributed by atoms with E-state index in [9.17, 15) is 5.11 Å². The molecular formula is C14H21NO4. The molecule has 5 nitrogen and oxygen atoms in total. The maximum absolute atomic E-state index is 9.58. The second-order valence-corrected chi connectivity index (χ2v) is 4.47. The van der Waals surface area contributed by atoms with Crippen LogP contribution in [-0.4, -0.2) is 31.2 Å². The summed E-state index contributed by atoms with van der Waals surface area (Å²) in [6.07, 6.45) is 0.227. The van der Waals surface area contributed by atoms with E-state index in [-0.39, 0.29) is 13.4 Å². The van der Waals surface area contributed by atoms with Crippen LogP contribution in [0.4, 0.5) is 0 Å². The largest absolute Gasteiger partial charge is 0.490 e. The molecule has 0 fully saturated rings. The number of hydrogen-bond donors (Lipinski definition) is 2. The average molecular weight is 267 g/mol. The van der Waals surface area contributed by atoms with Crippen LogP contribution < -0.4 is 19.5 Å². The van der Waals surface area contributed by atoms with Crippen molar-refractivity contribution in [2.75, 3.05) is 19.9 Å². The summed E-state index contributed by atoms with van der Waals surface area (Å²) >= 11 is 0. The minimum Gasteiger partial charge on any atom is -0.490 e. The van der Waals surface area contributed by atoms with Gasteiger partial charge in [0, 0.05) is 18.2 Å². The van der Waals surface area contributed by atoms with Gasteiger partial charge in [0.2, 0.25) is 6.79 Å². The van der Waals surface area contributed by atoms with E-state index in [4.69, 9.17) is 14.2 Å². The van der Waals surface area contributed by atoms with Crippen molar-refractivity contribution >= 4 is 0 Å². The molecule has 5 heteroatoms. The van der Waals surface area contributed by atoms with Crippen LogP contribution in [0.2, 0.25) is 0 Å². The van der Waals surface area contributed by atoms with Gasteiger partial charge in [-0.15, -0.1) is 0 Å². The second-order valence-electron chi connectivity index (χ2n) is 4.47. The molecule has 0 saturated carbocycles. The van der Waals surface area contributed by atoms with Crippen LogP contribution in [0.15, 0.2) is 12.1 Å². The number of ether oxygens (including phenoxy) is 3. The lowest BCUT2D eigenvalue weighted by Gasteiger charge is -2.15. The first-order chi connectivity index (χ1) is 9.24. The van der Waals surface area contributed by atoms with Gasteiger partial charge in [0.05, 0.1) is 6.10 Å². The number of benzene rings is 1. The summed E-state index contributed by atoms with van der Waals surface area (Å²) < 4.78 is 16.4. The van der Waals surface area contributed by atoms with E-state index in [2.05, 4.69) is 5.32 Å². The van der Waals surface area contributed by atoms with Crippen LogP contribution in [0.3, 0.4) is 0 Å². The molecule has 0 bridgehead atoms. The van der Waals surface area contributed by atoms with Crippen LogP contribution in [0.1, 0.15) is 25.8 Å². The van der Waals surface area contributed by atoms with E-state index in [1.165, 1.54) is 0 Å². The van der Waals surface area contributed by atoms with Crippen molar-refractivity contribution < 1.29 is 19.3 Å². The SMILES string of the molecule is CCNCc1cc2c(cc1OCC(O)CC)OCO2. The predicted octanol–water partition coefficient (Wildman–Crippen LogP) is 1.67. The molecule has 1 unspecified atom stereocenters. The molecule has 0 aromatic heterocycles. The first kappa shape index (κ1) is 14.0. The third-order valence-electron chi connectivity index (χ3n) is 3.02. The van der Waals surface area contributed by atoms with Gasteiger partial charge in [-0.05, 0) is 19.0 Å². The minimum atomic E-state index is -0.447. The van der Waals surface area contributed by atoms with Gasteiger partial charge in [0.15, 0.2) is 11.5 Å². The Morgan fingerprint density at radius 1 is 1.32 bits per heavy atom. The molecule has 0 aliphatic carbocycles. The fraction of sp³-hybridized carbons (Fsp3) is 0.571. The Kier molecular flexibility index (Phi) is 4.87. The molecular weight excluding hydrogens is 246 g/mol. The first-order valence-electron chi connectivity index (χ1n) is 6.68. The molecule has 106 valence electrons. The monoisotopic (exact) mass is 267 g/mol. The summed E-state index contributed by atoms with van der Waals surface area (Å²) in [5, 5.41) is 12.8. The zero-order chi connectivity index (χ0) is 13.7. The van der Waals surface area contributed by atoms with Gasteiger partial charge < -0.3 is 24.6 Å². The number of fused-ring (bicyclic) bond motifs is 1. The third-order valence-corrected chi connectivity index (χ3v) is 3.02. The van der Waals surface area contributed by atoms with Crippen molar-refractivity contribution in [2.24, 2.45) is 0 Å². The van der Waals surface area contributed by atoms with E-state index in [0.717, 1.165) is 23.6 Å². The number of nitrogens with one attached hydrogen (secondary N) is 1. The highest BCUT2D eigenvalue weighted by molar-refractivity contribution is 5.51. The van der Waals surface area contributed by atoms with Crippen molar-refractivity contribution in [1.29, 1.82) is 0 Å². The Labute approximate surface area is 113 Å². The van der Waals surface area contributed by atoms with Gasteiger partial charge in [-0.1, -0.05) is 13.8 Å². The van der Waals surface area contributed by atoms with Crippen molar-refractivity contribution in [3.05, 3.63) is 17.7 Å². The molecule has 1 aromatic carbocycles. The summed E-state index contributed by atoms with van der Waals surface area (Å²) in [5.74, 6) is 2.18. The molecule has 0 spiro atoms. The Hall–Kier alpha value is -1.46. The quantitative estimate of drug-likeness (QED) is 0.787. The van der Waals surface area contributed by atoms with Gasteiger partial charge in [0.25, 0.3) is 0 Å². The maximum Gasteiger partial charge on any atom is 0.231 e. The summed E-state index contributed by atoms with van der Waals surface area (Å²) in [7, 11) is 0. The predicted molar refractivity (Wildman–Crippen MR) is 71.7 cm³/mol. The lowest BCUT2D eigenvalue weighted by Crippen LogP contribution is -2.18. The van der Waals surface area contributed by atoms with Gasteiger partial charge >= 0.3 is 0 Å². The number of hydrogen-bond acceptors (Lipinski definition) is 5. The molecule has 0 saturated heterocycles. The number of rotatable bonds is 7. The van der Waals surface area contributed by atoms with Gasteiger partial charge in [-0.3, -0.25) is 0 Å². The van der Waals surface area contributed by atoms with Crippen molar-refractivity contribution in [3.63, 3.8) is 0 Å².